The van der Waals surface area contributed by atoms with Gasteiger partial charge in [0.15, 0.2) is 0 Å². The number of aromatic nitrogens is 1. The summed E-state index contributed by atoms with van der Waals surface area (Å²) in [4.78, 5) is 15.2. The molecule has 1 aromatic heterocycles. The summed E-state index contributed by atoms with van der Waals surface area (Å²) in [5.41, 5.74) is 9.23. The average molecular weight is 365 g/mol. The Hall–Kier alpha value is -2.01. The Bertz CT molecular complexity index is 952. The molecular formula is C18H18Cl2N2O2. The third-order valence-electron chi connectivity index (χ3n) is 4.04. The van der Waals surface area contributed by atoms with Crippen LogP contribution in [0.3, 0.4) is 0 Å². The van der Waals surface area contributed by atoms with Gasteiger partial charge in [-0.25, -0.2) is 0 Å². The van der Waals surface area contributed by atoms with Crippen LogP contribution in [0.4, 0.5) is 0 Å². The fourth-order valence-corrected chi connectivity index (χ4v) is 3.09. The molecule has 0 saturated carbocycles. The molecule has 1 heterocycles. The molecule has 3 aromatic rings. The van der Waals surface area contributed by atoms with Gasteiger partial charge in [-0.3, -0.25) is 4.79 Å². The Morgan fingerprint density at radius 3 is 2.62 bits per heavy atom. The van der Waals surface area contributed by atoms with Crippen LogP contribution in [-0.4, -0.2) is 12.1 Å². The first-order valence-electron chi connectivity index (χ1n) is 7.25. The van der Waals surface area contributed by atoms with E-state index in [2.05, 4.69) is 4.98 Å². The normalized spacial score (nSPS) is 10.5. The van der Waals surface area contributed by atoms with Gasteiger partial charge in [0, 0.05) is 28.2 Å². The zero-order valence-corrected chi connectivity index (χ0v) is 14.9. The number of hydrogen-bond donors (Lipinski definition) is 2. The molecule has 0 bridgehead atoms. The second-order valence-corrected chi connectivity index (χ2v) is 5.77. The summed E-state index contributed by atoms with van der Waals surface area (Å²) in [7, 11) is 1.64. The van der Waals surface area contributed by atoms with E-state index in [1.165, 1.54) is 0 Å². The number of nitrogens with two attached hydrogens (primary N) is 1. The molecule has 0 unspecified atom stereocenters. The van der Waals surface area contributed by atoms with Gasteiger partial charge in [0.05, 0.1) is 7.11 Å². The summed E-state index contributed by atoms with van der Waals surface area (Å²) in [6.45, 7) is 2.21. The lowest BCUT2D eigenvalue weighted by Gasteiger charge is -2.16. The van der Waals surface area contributed by atoms with E-state index in [0.717, 1.165) is 27.8 Å². The number of H-pyrrole nitrogens is 1. The second kappa shape index (κ2) is 7.26. The van der Waals surface area contributed by atoms with E-state index in [4.69, 9.17) is 22.1 Å². The lowest BCUT2D eigenvalue weighted by molar-refractivity contribution is 0.412. The molecule has 0 amide bonds. The van der Waals surface area contributed by atoms with Crippen molar-refractivity contribution in [1.29, 1.82) is 0 Å². The van der Waals surface area contributed by atoms with Crippen LogP contribution in [0.15, 0.2) is 41.2 Å². The second-order valence-electron chi connectivity index (χ2n) is 5.33. The molecule has 0 saturated heterocycles. The number of nitrogens with one attached hydrogen (secondary N) is 1. The van der Waals surface area contributed by atoms with Crippen LogP contribution in [-0.2, 0) is 6.54 Å². The summed E-state index contributed by atoms with van der Waals surface area (Å²) in [6, 6.07) is 11.1. The molecule has 0 aliphatic heterocycles. The summed E-state index contributed by atoms with van der Waals surface area (Å²) in [5, 5.41) is 1.95. The first-order valence-corrected chi connectivity index (χ1v) is 7.63. The van der Waals surface area contributed by atoms with Gasteiger partial charge in [-0.1, -0.05) is 23.7 Å². The Balaban J connectivity index is 0.00000208. The standard InChI is InChI=1S/C18H17ClN2O2.ClH/c1-10-12(4-3-5-16(10)23-2)17-14-8-11(19)6-7-13(14)18(22)21-15(17)9-20;/h3-8H,9,20H2,1-2H3,(H,21,22);1H. The number of benzene rings is 2. The minimum atomic E-state index is -0.165. The predicted molar refractivity (Wildman–Crippen MR) is 101 cm³/mol. The van der Waals surface area contributed by atoms with Gasteiger partial charge in [0.1, 0.15) is 5.75 Å². The highest BCUT2D eigenvalue weighted by molar-refractivity contribution is 6.31. The van der Waals surface area contributed by atoms with Crippen molar-refractivity contribution in [2.24, 2.45) is 5.73 Å². The third-order valence-corrected chi connectivity index (χ3v) is 4.27. The number of hydrogen-bond acceptors (Lipinski definition) is 3. The first-order chi connectivity index (χ1) is 11.1. The minimum Gasteiger partial charge on any atom is -0.496 e. The smallest absolute Gasteiger partial charge is 0.256 e. The van der Waals surface area contributed by atoms with Crippen LogP contribution in [0, 0.1) is 6.92 Å². The van der Waals surface area contributed by atoms with Crippen LogP contribution in [0.25, 0.3) is 21.9 Å². The number of aromatic amines is 1. The van der Waals surface area contributed by atoms with Gasteiger partial charge >= 0.3 is 0 Å². The van der Waals surface area contributed by atoms with Crippen molar-refractivity contribution in [3.05, 3.63) is 63.0 Å². The number of fused-ring (bicyclic) bond motifs is 1. The van der Waals surface area contributed by atoms with E-state index in [-0.39, 0.29) is 24.5 Å². The maximum atomic E-state index is 12.3. The first kappa shape index (κ1) is 18.3. The summed E-state index contributed by atoms with van der Waals surface area (Å²) in [6.07, 6.45) is 0. The van der Waals surface area contributed by atoms with E-state index in [9.17, 15) is 4.79 Å². The number of halogens is 2. The zero-order chi connectivity index (χ0) is 16.6. The Labute approximate surface area is 151 Å². The topological polar surface area (TPSA) is 68.1 Å². The van der Waals surface area contributed by atoms with Crippen LogP contribution < -0.4 is 16.0 Å². The van der Waals surface area contributed by atoms with Gasteiger partial charge in [0.2, 0.25) is 0 Å². The van der Waals surface area contributed by atoms with Crippen molar-refractivity contribution in [2.45, 2.75) is 13.5 Å². The molecule has 3 rings (SSSR count). The van der Waals surface area contributed by atoms with Gasteiger partial charge < -0.3 is 15.5 Å². The van der Waals surface area contributed by atoms with Crippen LogP contribution in [0.2, 0.25) is 5.02 Å². The van der Waals surface area contributed by atoms with E-state index in [1.54, 1.807) is 25.3 Å². The Kier molecular flexibility index (Phi) is 5.54. The minimum absolute atomic E-state index is 0. The maximum absolute atomic E-state index is 12.3. The molecule has 6 heteroatoms. The largest absolute Gasteiger partial charge is 0.496 e. The highest BCUT2D eigenvalue weighted by Crippen LogP contribution is 2.36. The number of ether oxygens (including phenoxy) is 1. The van der Waals surface area contributed by atoms with Crippen molar-refractivity contribution < 1.29 is 4.74 Å². The lowest BCUT2D eigenvalue weighted by atomic mass is 9.93. The molecule has 0 aliphatic rings. The number of pyridine rings is 1. The third kappa shape index (κ3) is 3.00. The van der Waals surface area contributed by atoms with Crippen molar-refractivity contribution >= 4 is 34.8 Å². The van der Waals surface area contributed by atoms with E-state index in [1.807, 2.05) is 25.1 Å². The van der Waals surface area contributed by atoms with Gasteiger partial charge in [0.25, 0.3) is 5.56 Å². The fourth-order valence-electron chi connectivity index (χ4n) is 2.92. The van der Waals surface area contributed by atoms with Crippen molar-refractivity contribution in [3.63, 3.8) is 0 Å². The summed E-state index contributed by atoms with van der Waals surface area (Å²) < 4.78 is 5.41. The van der Waals surface area contributed by atoms with Gasteiger partial charge in [-0.2, -0.15) is 0 Å². The number of rotatable bonds is 3. The highest BCUT2D eigenvalue weighted by atomic mass is 35.5. The van der Waals surface area contributed by atoms with E-state index >= 15 is 0 Å². The quantitative estimate of drug-likeness (QED) is 0.736. The van der Waals surface area contributed by atoms with E-state index in [0.29, 0.717) is 16.1 Å². The molecule has 0 fully saturated rings. The molecule has 24 heavy (non-hydrogen) atoms. The molecule has 0 aliphatic carbocycles. The monoisotopic (exact) mass is 364 g/mol. The van der Waals surface area contributed by atoms with Crippen LogP contribution in [0.1, 0.15) is 11.3 Å². The van der Waals surface area contributed by atoms with Crippen molar-refractivity contribution in [1.82, 2.24) is 4.98 Å². The zero-order valence-electron chi connectivity index (χ0n) is 13.4. The van der Waals surface area contributed by atoms with Crippen molar-refractivity contribution in [2.75, 3.05) is 7.11 Å². The van der Waals surface area contributed by atoms with Gasteiger partial charge in [-0.05, 0) is 47.7 Å². The molecule has 2 aromatic carbocycles. The molecular weight excluding hydrogens is 347 g/mol. The maximum Gasteiger partial charge on any atom is 0.256 e. The number of methoxy groups -OCH3 is 1. The lowest BCUT2D eigenvalue weighted by Crippen LogP contribution is -2.14. The molecule has 0 atom stereocenters. The van der Waals surface area contributed by atoms with Crippen LogP contribution in [0.5, 0.6) is 5.75 Å². The SMILES string of the molecule is COc1cccc(-c2c(CN)[nH]c(=O)c3ccc(Cl)cc23)c1C.Cl. The Morgan fingerprint density at radius 1 is 1.21 bits per heavy atom. The summed E-state index contributed by atoms with van der Waals surface area (Å²) >= 11 is 6.16. The molecule has 0 spiro atoms. The summed E-state index contributed by atoms with van der Waals surface area (Å²) in [5.74, 6) is 0.784. The predicted octanol–water partition coefficient (Wildman–Crippen LogP) is 4.05. The Morgan fingerprint density at radius 2 is 1.96 bits per heavy atom. The highest BCUT2D eigenvalue weighted by Gasteiger charge is 2.16. The van der Waals surface area contributed by atoms with Crippen LogP contribution >= 0.6 is 24.0 Å². The van der Waals surface area contributed by atoms with Gasteiger partial charge in [-0.15, -0.1) is 12.4 Å². The van der Waals surface area contributed by atoms with Crippen molar-refractivity contribution in [3.8, 4) is 16.9 Å². The fraction of sp³-hybridized carbons (Fsp3) is 0.167. The molecule has 3 N–H and O–H groups in total. The molecule has 126 valence electrons. The molecule has 0 radical (unpaired) electrons. The van der Waals surface area contributed by atoms with E-state index < -0.39 is 0 Å². The average Bonchev–Trinajstić information content (AvgIpc) is 2.55. The molecule has 4 nitrogen and oxygen atoms in total.